The van der Waals surface area contributed by atoms with Crippen molar-refractivity contribution in [1.29, 1.82) is 0 Å². The highest BCUT2D eigenvalue weighted by Crippen LogP contribution is 2.40. The standard InChI is InChI=1S/C22H29FN2O2/c1-14(18-13-24-20-7-3-6-19(23)22(18)20)10-21(27)25-16-5-2-4-15(11-16)12-17(25)8-9-26/h3,6-7,13-17,24,26H,2,4-5,8-12H2,1H3. The van der Waals surface area contributed by atoms with E-state index in [-0.39, 0.29) is 30.3 Å². The Bertz CT molecular complexity index is 818. The Morgan fingerprint density at radius 1 is 1.37 bits per heavy atom. The van der Waals surface area contributed by atoms with E-state index in [2.05, 4.69) is 9.88 Å². The molecule has 2 heterocycles. The summed E-state index contributed by atoms with van der Waals surface area (Å²) >= 11 is 0. The van der Waals surface area contributed by atoms with Gasteiger partial charge >= 0.3 is 0 Å². The number of hydrogen-bond acceptors (Lipinski definition) is 2. The van der Waals surface area contributed by atoms with E-state index in [0.717, 1.165) is 30.3 Å². The highest BCUT2D eigenvalue weighted by atomic mass is 19.1. The third kappa shape index (κ3) is 3.49. The normalized spacial score (nSPS) is 26.3. The highest BCUT2D eigenvalue weighted by Gasteiger charge is 2.40. The third-order valence-electron chi connectivity index (χ3n) is 6.59. The van der Waals surface area contributed by atoms with Crippen LogP contribution in [0.1, 0.15) is 63.4 Å². The number of likely N-dealkylation sites (tertiary alicyclic amines) is 1. The van der Waals surface area contributed by atoms with Crippen LogP contribution in [0.3, 0.4) is 0 Å². The average molecular weight is 372 g/mol. The van der Waals surface area contributed by atoms with Crippen molar-refractivity contribution in [2.75, 3.05) is 6.61 Å². The van der Waals surface area contributed by atoms with Gasteiger partial charge in [-0.3, -0.25) is 4.79 Å². The van der Waals surface area contributed by atoms with Crippen molar-refractivity contribution in [3.63, 3.8) is 0 Å². The summed E-state index contributed by atoms with van der Waals surface area (Å²) in [5, 5.41) is 10.1. The van der Waals surface area contributed by atoms with E-state index in [1.807, 2.05) is 19.2 Å². The predicted octanol–water partition coefficient (Wildman–Crippen LogP) is 4.34. The molecule has 5 heteroatoms. The van der Waals surface area contributed by atoms with E-state index in [1.165, 1.54) is 18.9 Å². The fourth-order valence-electron chi connectivity index (χ4n) is 5.37. The number of piperidine rings is 1. The van der Waals surface area contributed by atoms with Gasteiger partial charge in [-0.2, -0.15) is 0 Å². The van der Waals surface area contributed by atoms with Gasteiger partial charge < -0.3 is 15.0 Å². The van der Waals surface area contributed by atoms with E-state index >= 15 is 0 Å². The molecular formula is C22H29FN2O2. The summed E-state index contributed by atoms with van der Waals surface area (Å²) in [4.78, 5) is 18.5. The number of carbonyl (C=O) groups excluding carboxylic acids is 1. The van der Waals surface area contributed by atoms with E-state index < -0.39 is 0 Å². The lowest BCUT2D eigenvalue weighted by molar-refractivity contribution is -0.142. The molecule has 0 radical (unpaired) electrons. The summed E-state index contributed by atoms with van der Waals surface area (Å²) in [6.45, 7) is 2.12. The number of nitrogens with zero attached hydrogens (tertiary/aromatic N) is 1. The monoisotopic (exact) mass is 372 g/mol. The Balaban J connectivity index is 1.54. The van der Waals surface area contributed by atoms with Gasteiger partial charge in [0.15, 0.2) is 0 Å². The Morgan fingerprint density at radius 2 is 2.22 bits per heavy atom. The second kappa shape index (κ2) is 7.63. The molecule has 4 unspecified atom stereocenters. The van der Waals surface area contributed by atoms with Gasteiger partial charge in [0.2, 0.25) is 5.91 Å². The van der Waals surface area contributed by atoms with Crippen LogP contribution in [0.2, 0.25) is 0 Å². The van der Waals surface area contributed by atoms with Crippen LogP contribution in [-0.4, -0.2) is 39.6 Å². The summed E-state index contributed by atoms with van der Waals surface area (Å²) in [5.41, 5.74) is 1.64. The molecule has 2 N–H and O–H groups in total. The molecule has 4 nitrogen and oxygen atoms in total. The lowest BCUT2D eigenvalue weighted by Gasteiger charge is -2.48. The summed E-state index contributed by atoms with van der Waals surface area (Å²) < 4.78 is 14.3. The van der Waals surface area contributed by atoms with Crippen LogP contribution < -0.4 is 0 Å². The lowest BCUT2D eigenvalue weighted by atomic mass is 9.75. The van der Waals surface area contributed by atoms with Crippen LogP contribution >= 0.6 is 0 Å². The molecule has 1 amide bonds. The second-order valence-electron chi connectivity index (χ2n) is 8.40. The van der Waals surface area contributed by atoms with E-state index in [1.54, 1.807) is 6.07 Å². The number of benzene rings is 1. The minimum absolute atomic E-state index is 0.0563. The van der Waals surface area contributed by atoms with Gasteiger partial charge in [-0.15, -0.1) is 0 Å². The number of aliphatic hydroxyl groups is 1. The van der Waals surface area contributed by atoms with E-state index in [9.17, 15) is 14.3 Å². The number of halogens is 1. The summed E-state index contributed by atoms with van der Waals surface area (Å²) in [6, 6.07) is 5.49. The van der Waals surface area contributed by atoms with E-state index in [0.29, 0.717) is 30.2 Å². The molecule has 2 aliphatic rings. The lowest BCUT2D eigenvalue weighted by Crippen LogP contribution is -2.54. The number of H-pyrrole nitrogens is 1. The summed E-state index contributed by atoms with van der Waals surface area (Å²) in [6.07, 6.45) is 8.51. The molecule has 2 bridgehead atoms. The minimum Gasteiger partial charge on any atom is -0.396 e. The average Bonchev–Trinajstić information content (AvgIpc) is 3.07. The van der Waals surface area contributed by atoms with E-state index in [4.69, 9.17) is 0 Å². The molecule has 1 aromatic carbocycles. The molecule has 2 aromatic rings. The smallest absolute Gasteiger partial charge is 0.223 e. The molecule has 27 heavy (non-hydrogen) atoms. The Morgan fingerprint density at radius 3 is 3.04 bits per heavy atom. The number of aromatic nitrogens is 1. The molecular weight excluding hydrogens is 343 g/mol. The fourth-order valence-corrected chi connectivity index (χ4v) is 5.37. The minimum atomic E-state index is -0.241. The van der Waals surface area contributed by atoms with Crippen LogP contribution in [0.15, 0.2) is 24.4 Å². The summed E-state index contributed by atoms with van der Waals surface area (Å²) in [7, 11) is 0. The van der Waals surface area contributed by atoms with Gasteiger partial charge in [0.05, 0.1) is 0 Å². The van der Waals surface area contributed by atoms with Crippen LogP contribution in [0.5, 0.6) is 0 Å². The first-order valence-corrected chi connectivity index (χ1v) is 10.3. The first kappa shape index (κ1) is 18.5. The van der Waals surface area contributed by atoms with Gasteiger partial charge in [0, 0.05) is 42.2 Å². The zero-order chi connectivity index (χ0) is 19.0. The van der Waals surface area contributed by atoms with Crippen LogP contribution in [0.25, 0.3) is 10.9 Å². The molecule has 1 aromatic heterocycles. The van der Waals surface area contributed by atoms with Gasteiger partial charge in [-0.1, -0.05) is 25.8 Å². The van der Waals surface area contributed by atoms with Crippen LogP contribution in [0.4, 0.5) is 4.39 Å². The first-order chi connectivity index (χ1) is 13.1. The van der Waals surface area contributed by atoms with Crippen LogP contribution in [0, 0.1) is 11.7 Å². The van der Waals surface area contributed by atoms with Gasteiger partial charge in [-0.25, -0.2) is 4.39 Å². The Labute approximate surface area is 159 Å². The number of rotatable bonds is 5. The maximum Gasteiger partial charge on any atom is 0.223 e. The van der Waals surface area contributed by atoms with Crippen molar-refractivity contribution in [2.45, 2.75) is 69.9 Å². The molecule has 1 aliphatic carbocycles. The maximum atomic E-state index is 14.3. The van der Waals surface area contributed by atoms with Crippen LogP contribution in [-0.2, 0) is 4.79 Å². The second-order valence-corrected chi connectivity index (χ2v) is 8.40. The number of hydrogen-bond donors (Lipinski definition) is 2. The van der Waals surface area contributed by atoms with Gasteiger partial charge in [0.1, 0.15) is 5.82 Å². The zero-order valence-corrected chi connectivity index (χ0v) is 16.0. The molecule has 4 atom stereocenters. The number of carbonyl (C=O) groups is 1. The van der Waals surface area contributed by atoms with Crippen molar-refractivity contribution in [3.05, 3.63) is 35.8 Å². The third-order valence-corrected chi connectivity index (χ3v) is 6.59. The van der Waals surface area contributed by atoms with Crippen molar-refractivity contribution >= 4 is 16.8 Å². The number of aliphatic hydroxyl groups excluding tert-OH is 1. The predicted molar refractivity (Wildman–Crippen MR) is 104 cm³/mol. The quantitative estimate of drug-likeness (QED) is 0.820. The molecule has 1 saturated carbocycles. The summed E-state index contributed by atoms with van der Waals surface area (Å²) in [5.74, 6) is 0.551. The number of nitrogens with one attached hydrogen (secondary N) is 1. The Hall–Kier alpha value is -1.88. The maximum absolute atomic E-state index is 14.3. The number of fused-ring (bicyclic) bond motifs is 3. The highest BCUT2D eigenvalue weighted by molar-refractivity contribution is 5.85. The first-order valence-electron chi connectivity index (χ1n) is 10.3. The van der Waals surface area contributed by atoms with Crippen molar-refractivity contribution in [3.8, 4) is 0 Å². The molecule has 1 saturated heterocycles. The van der Waals surface area contributed by atoms with Gasteiger partial charge in [-0.05, 0) is 55.2 Å². The Kier molecular flexibility index (Phi) is 5.22. The van der Waals surface area contributed by atoms with Crippen molar-refractivity contribution in [2.24, 2.45) is 5.92 Å². The topological polar surface area (TPSA) is 56.3 Å². The molecule has 0 spiro atoms. The molecule has 2 fully saturated rings. The van der Waals surface area contributed by atoms with Gasteiger partial charge in [0.25, 0.3) is 0 Å². The number of amides is 1. The molecule has 146 valence electrons. The van der Waals surface area contributed by atoms with Crippen molar-refractivity contribution in [1.82, 2.24) is 9.88 Å². The zero-order valence-electron chi connectivity index (χ0n) is 16.0. The molecule has 1 aliphatic heterocycles. The fraction of sp³-hybridized carbons (Fsp3) is 0.591. The SMILES string of the molecule is CC(CC(=O)N1C(CCO)CC2CCCC1C2)c1c[nH]c2cccc(F)c12. The largest absolute Gasteiger partial charge is 0.396 e. The van der Waals surface area contributed by atoms with Crippen molar-refractivity contribution < 1.29 is 14.3 Å². The molecule has 4 rings (SSSR count). The number of aromatic amines is 1.